The topological polar surface area (TPSA) is 98.7 Å². The van der Waals surface area contributed by atoms with Crippen molar-refractivity contribution in [3.63, 3.8) is 0 Å². The maximum absolute atomic E-state index is 12.8. The molecule has 1 heterocycles. The van der Waals surface area contributed by atoms with Gasteiger partial charge in [0.15, 0.2) is 0 Å². The number of hydrogen-bond acceptors (Lipinski definition) is 4. The second-order valence-electron chi connectivity index (χ2n) is 9.94. The quantitative estimate of drug-likeness (QED) is 0.198. The summed E-state index contributed by atoms with van der Waals surface area (Å²) in [4.78, 5) is 38.8. The fourth-order valence-electron chi connectivity index (χ4n) is 4.83. The third-order valence-corrected chi connectivity index (χ3v) is 6.91. The molecule has 204 valence electrons. The number of hydrogen-bond donors (Lipinski definition) is 3. The standard InChI is InChI=1S/C28H53N3O4/c1-3-5-6-7-8-9-10-11-12-13-14-15-16-17-18-21-26(33)30-24(23-32)28(35)31-22-19-20-25(31)27(34)29-4-2/h24-25,32H,3-23H2,1-2H3,(H,29,34)(H,30,33)/t24-,25-/m0/s1/i1D. The van der Waals surface area contributed by atoms with Crippen LogP contribution in [-0.4, -0.2) is 59.5 Å². The maximum atomic E-state index is 12.8. The van der Waals surface area contributed by atoms with Crippen LogP contribution in [0.1, 0.15) is 131 Å². The van der Waals surface area contributed by atoms with Crippen LogP contribution in [0.15, 0.2) is 0 Å². The van der Waals surface area contributed by atoms with Crippen molar-refractivity contribution in [3.05, 3.63) is 0 Å². The van der Waals surface area contributed by atoms with Gasteiger partial charge in [0, 0.05) is 20.9 Å². The minimum absolute atomic E-state index is 0.172. The first-order valence-electron chi connectivity index (χ1n) is 15.0. The molecule has 7 nitrogen and oxygen atoms in total. The first-order valence-corrected chi connectivity index (χ1v) is 14.3. The van der Waals surface area contributed by atoms with Gasteiger partial charge < -0.3 is 20.6 Å². The average Bonchev–Trinajstić information content (AvgIpc) is 3.37. The zero-order valence-corrected chi connectivity index (χ0v) is 22.3. The lowest BCUT2D eigenvalue weighted by Gasteiger charge is -2.27. The molecule has 2 atom stereocenters. The summed E-state index contributed by atoms with van der Waals surface area (Å²) >= 11 is 0. The van der Waals surface area contributed by atoms with Crippen LogP contribution in [0.25, 0.3) is 0 Å². The van der Waals surface area contributed by atoms with Gasteiger partial charge in [-0.05, 0) is 26.2 Å². The number of likely N-dealkylation sites (tertiary alicyclic amines) is 1. The molecule has 0 aliphatic carbocycles. The van der Waals surface area contributed by atoms with E-state index < -0.39 is 18.7 Å². The fourth-order valence-corrected chi connectivity index (χ4v) is 4.83. The summed E-state index contributed by atoms with van der Waals surface area (Å²) in [5, 5.41) is 15.1. The van der Waals surface area contributed by atoms with Gasteiger partial charge in [0.25, 0.3) is 0 Å². The molecule has 0 unspecified atom stereocenters. The smallest absolute Gasteiger partial charge is 0.248 e. The van der Waals surface area contributed by atoms with Crippen LogP contribution >= 0.6 is 0 Å². The third kappa shape index (κ3) is 13.9. The summed E-state index contributed by atoms with van der Waals surface area (Å²) in [6.45, 7) is 2.93. The van der Waals surface area contributed by atoms with Gasteiger partial charge >= 0.3 is 0 Å². The summed E-state index contributed by atoms with van der Waals surface area (Å²) in [6.07, 6.45) is 19.9. The molecular weight excluding hydrogens is 442 g/mol. The number of amides is 3. The average molecular weight is 497 g/mol. The zero-order valence-electron chi connectivity index (χ0n) is 23.3. The van der Waals surface area contributed by atoms with Crippen molar-refractivity contribution in [3.8, 4) is 0 Å². The molecule has 1 aliphatic rings. The molecule has 1 saturated heterocycles. The lowest BCUT2D eigenvalue weighted by Crippen LogP contribution is -2.54. The summed E-state index contributed by atoms with van der Waals surface area (Å²) in [6, 6.07) is -1.50. The minimum Gasteiger partial charge on any atom is -0.394 e. The molecule has 3 amide bonds. The lowest BCUT2D eigenvalue weighted by atomic mass is 10.0. The molecule has 0 aromatic heterocycles. The van der Waals surface area contributed by atoms with E-state index in [1.807, 2.05) is 6.92 Å². The van der Waals surface area contributed by atoms with Crippen LogP contribution in [0.2, 0.25) is 0 Å². The molecule has 0 bridgehead atoms. The zero-order chi connectivity index (χ0) is 26.4. The Morgan fingerprint density at radius 1 is 0.914 bits per heavy atom. The first kappa shape index (κ1) is 29.6. The van der Waals surface area contributed by atoms with E-state index in [-0.39, 0.29) is 17.7 Å². The van der Waals surface area contributed by atoms with Crippen LogP contribution in [0.4, 0.5) is 0 Å². The predicted molar refractivity (Wildman–Crippen MR) is 142 cm³/mol. The van der Waals surface area contributed by atoms with Gasteiger partial charge in [-0.3, -0.25) is 14.4 Å². The molecule has 0 saturated carbocycles. The summed E-state index contributed by atoms with van der Waals surface area (Å²) < 4.78 is 7.14. The third-order valence-electron chi connectivity index (χ3n) is 6.91. The van der Waals surface area contributed by atoms with Crippen LogP contribution in [0.3, 0.4) is 0 Å². The van der Waals surface area contributed by atoms with Crippen LogP contribution < -0.4 is 10.6 Å². The van der Waals surface area contributed by atoms with Gasteiger partial charge in [-0.1, -0.05) is 96.8 Å². The minimum atomic E-state index is -0.985. The van der Waals surface area contributed by atoms with Crippen molar-refractivity contribution in [1.29, 1.82) is 0 Å². The number of nitrogens with zero attached hydrogens (tertiary/aromatic N) is 1. The highest BCUT2D eigenvalue weighted by Gasteiger charge is 2.37. The van der Waals surface area contributed by atoms with Crippen LogP contribution in [-0.2, 0) is 14.4 Å². The molecular formula is C28H53N3O4. The predicted octanol–water partition coefficient (Wildman–Crippen LogP) is 4.85. The van der Waals surface area contributed by atoms with E-state index in [1.54, 1.807) is 0 Å². The van der Waals surface area contributed by atoms with Gasteiger partial charge in [0.05, 0.1) is 6.61 Å². The van der Waals surface area contributed by atoms with E-state index in [9.17, 15) is 19.5 Å². The van der Waals surface area contributed by atoms with E-state index in [4.69, 9.17) is 1.37 Å². The van der Waals surface area contributed by atoms with Crippen molar-refractivity contribution in [2.75, 3.05) is 19.7 Å². The summed E-state index contributed by atoms with van der Waals surface area (Å²) in [5.41, 5.74) is 0. The van der Waals surface area contributed by atoms with E-state index >= 15 is 0 Å². The van der Waals surface area contributed by atoms with Gasteiger partial charge in [-0.2, -0.15) is 0 Å². The van der Waals surface area contributed by atoms with Crippen molar-refractivity contribution < 1.29 is 20.9 Å². The Morgan fingerprint density at radius 2 is 1.46 bits per heavy atom. The van der Waals surface area contributed by atoms with Crippen molar-refractivity contribution in [2.24, 2.45) is 0 Å². The Morgan fingerprint density at radius 3 is 1.97 bits per heavy atom. The number of aliphatic hydroxyl groups is 1. The number of likely N-dealkylation sites (N-methyl/N-ethyl adjacent to an activating group) is 1. The monoisotopic (exact) mass is 496 g/mol. The van der Waals surface area contributed by atoms with Crippen molar-refractivity contribution in [1.82, 2.24) is 15.5 Å². The lowest BCUT2D eigenvalue weighted by molar-refractivity contribution is -0.142. The normalized spacial score (nSPS) is 16.7. The number of carbonyl (C=O) groups is 3. The molecule has 7 heteroatoms. The largest absolute Gasteiger partial charge is 0.394 e. The molecule has 0 aromatic carbocycles. The molecule has 1 fully saturated rings. The molecule has 0 aromatic rings. The van der Waals surface area contributed by atoms with E-state index in [2.05, 4.69) is 10.6 Å². The highest BCUT2D eigenvalue weighted by atomic mass is 16.3. The number of carbonyl (C=O) groups excluding carboxylic acids is 3. The van der Waals surface area contributed by atoms with E-state index in [1.165, 1.54) is 75.5 Å². The Bertz CT molecular complexity index is 605. The number of nitrogens with one attached hydrogen (secondary N) is 2. The summed E-state index contributed by atoms with van der Waals surface area (Å²) in [7, 11) is 0. The van der Waals surface area contributed by atoms with E-state index in [0.717, 1.165) is 32.1 Å². The number of unbranched alkanes of at least 4 members (excludes halogenated alkanes) is 14. The second-order valence-corrected chi connectivity index (χ2v) is 9.94. The second kappa shape index (κ2) is 20.6. The molecule has 0 spiro atoms. The van der Waals surface area contributed by atoms with Crippen LogP contribution in [0, 0.1) is 0 Å². The fraction of sp³-hybridized carbons (Fsp3) is 0.893. The Balaban J connectivity index is 2.05. The summed E-state index contributed by atoms with van der Waals surface area (Å²) in [5.74, 6) is -0.762. The van der Waals surface area contributed by atoms with Gasteiger partial charge in [0.2, 0.25) is 17.7 Å². The molecule has 3 N–H and O–H groups in total. The van der Waals surface area contributed by atoms with Gasteiger partial charge in [-0.25, -0.2) is 0 Å². The van der Waals surface area contributed by atoms with E-state index in [0.29, 0.717) is 32.8 Å². The van der Waals surface area contributed by atoms with Gasteiger partial charge in [-0.15, -0.1) is 0 Å². The molecule has 1 aliphatic heterocycles. The van der Waals surface area contributed by atoms with Gasteiger partial charge in [0.1, 0.15) is 12.1 Å². The molecule has 1 rings (SSSR count). The van der Waals surface area contributed by atoms with Crippen molar-refractivity contribution >= 4 is 17.7 Å². The highest BCUT2D eigenvalue weighted by molar-refractivity contribution is 5.92. The Kier molecular flexibility index (Phi) is 17.4. The maximum Gasteiger partial charge on any atom is 0.248 e. The van der Waals surface area contributed by atoms with Crippen LogP contribution in [0.5, 0.6) is 0 Å². The molecule has 35 heavy (non-hydrogen) atoms. The number of aliphatic hydroxyl groups excluding tert-OH is 1. The number of rotatable bonds is 21. The highest BCUT2D eigenvalue weighted by Crippen LogP contribution is 2.19. The molecule has 0 radical (unpaired) electrons. The first-order chi connectivity index (χ1) is 17.5. The Labute approximate surface area is 215 Å². The SMILES string of the molecule is [2H]CCCCCCCCCCCCCCCCCC(=O)N[C@@H](CO)C(=O)N1CCC[C@H]1C(=O)NCC. The van der Waals surface area contributed by atoms with Crippen molar-refractivity contribution in [2.45, 2.75) is 141 Å². The Hall–Kier alpha value is -1.63.